The van der Waals surface area contributed by atoms with Gasteiger partial charge in [-0.2, -0.15) is 0 Å². The zero-order chi connectivity index (χ0) is 19.8. The molecular formula is C20H24ClN5OS. The fourth-order valence-corrected chi connectivity index (χ4v) is 5.29. The molecule has 0 saturated carbocycles. The smallest absolute Gasteiger partial charge is 0.180 e. The maximum absolute atomic E-state index is 11.8. The molecule has 4 heterocycles. The minimum absolute atomic E-state index is 0.277. The van der Waals surface area contributed by atoms with Crippen LogP contribution in [0.4, 0.5) is 5.82 Å². The maximum Gasteiger partial charge on any atom is 0.180 e. The van der Waals surface area contributed by atoms with Gasteiger partial charge in [0.25, 0.3) is 0 Å². The van der Waals surface area contributed by atoms with Crippen molar-refractivity contribution < 1.29 is 4.55 Å². The second-order valence-corrected chi connectivity index (χ2v) is 9.61. The normalized spacial score (nSPS) is 23.9. The third-order valence-electron chi connectivity index (χ3n) is 5.47. The summed E-state index contributed by atoms with van der Waals surface area (Å²) in [7, 11) is 0. The first-order chi connectivity index (χ1) is 13.4. The molecular weight excluding hydrogens is 394 g/mol. The molecule has 28 heavy (non-hydrogen) atoms. The number of fused-ring (bicyclic) bond motifs is 1. The first-order valence-corrected chi connectivity index (χ1v) is 11.6. The van der Waals surface area contributed by atoms with Crippen LogP contribution in [0, 0.1) is 11.8 Å². The van der Waals surface area contributed by atoms with Crippen molar-refractivity contribution in [1.82, 2.24) is 19.4 Å². The number of halogens is 1. The molecule has 0 spiro atoms. The summed E-state index contributed by atoms with van der Waals surface area (Å²) in [6.07, 6.45) is 8.28. The number of hydrogen-bond donors (Lipinski definition) is 0. The lowest BCUT2D eigenvalue weighted by atomic mass is 9.86. The lowest BCUT2D eigenvalue weighted by Gasteiger charge is -2.42. The van der Waals surface area contributed by atoms with Crippen molar-refractivity contribution in [2.75, 3.05) is 23.5 Å². The Morgan fingerprint density at radius 2 is 2.07 bits per heavy atom. The molecule has 4 unspecified atom stereocenters. The number of nitrogens with zero attached hydrogens (tertiary/aromatic N) is 5. The van der Waals surface area contributed by atoms with E-state index in [1.165, 1.54) is 0 Å². The molecule has 1 aliphatic heterocycles. The Balaban J connectivity index is 1.69. The van der Waals surface area contributed by atoms with Gasteiger partial charge in [0.05, 0.1) is 17.5 Å². The number of rotatable bonds is 4. The van der Waals surface area contributed by atoms with Crippen LogP contribution >= 0.6 is 11.6 Å². The second-order valence-electron chi connectivity index (χ2n) is 7.69. The van der Waals surface area contributed by atoms with Crippen LogP contribution in [0.5, 0.6) is 0 Å². The van der Waals surface area contributed by atoms with E-state index in [0.717, 1.165) is 35.9 Å². The molecule has 0 amide bonds. The maximum atomic E-state index is 11.8. The van der Waals surface area contributed by atoms with Gasteiger partial charge < -0.3 is 9.45 Å². The Labute approximate surface area is 173 Å². The van der Waals surface area contributed by atoms with Crippen molar-refractivity contribution in [3.8, 4) is 11.5 Å². The third kappa shape index (κ3) is 3.83. The number of pyridine rings is 1. The summed E-state index contributed by atoms with van der Waals surface area (Å²) in [5.41, 5.74) is 1.61. The van der Waals surface area contributed by atoms with Crippen LogP contribution in [0.1, 0.15) is 20.3 Å². The third-order valence-corrected chi connectivity index (χ3v) is 6.59. The molecule has 148 valence electrons. The largest absolute Gasteiger partial charge is 0.617 e. The number of hydrogen-bond acceptors (Lipinski definition) is 5. The zero-order valence-corrected chi connectivity index (χ0v) is 17.8. The molecule has 4 atom stereocenters. The molecule has 3 aromatic heterocycles. The topological polar surface area (TPSA) is 69.4 Å². The average Bonchev–Trinajstić information content (AvgIpc) is 3.07. The van der Waals surface area contributed by atoms with Crippen molar-refractivity contribution in [2.24, 2.45) is 11.8 Å². The number of piperidine rings is 1. The summed E-state index contributed by atoms with van der Waals surface area (Å²) in [6.45, 7) is 5.39. The minimum Gasteiger partial charge on any atom is -0.617 e. The summed E-state index contributed by atoms with van der Waals surface area (Å²) >= 11 is 5.36. The Morgan fingerprint density at radius 3 is 2.86 bits per heavy atom. The lowest BCUT2D eigenvalue weighted by Crippen LogP contribution is -2.49. The Morgan fingerprint density at radius 1 is 1.25 bits per heavy atom. The van der Waals surface area contributed by atoms with Gasteiger partial charge in [0.1, 0.15) is 22.9 Å². The van der Waals surface area contributed by atoms with Gasteiger partial charge in [0, 0.05) is 30.9 Å². The van der Waals surface area contributed by atoms with E-state index in [4.69, 9.17) is 16.6 Å². The van der Waals surface area contributed by atoms with Gasteiger partial charge >= 0.3 is 0 Å². The molecule has 0 radical (unpaired) electrons. The second kappa shape index (κ2) is 7.89. The predicted octanol–water partition coefficient (Wildman–Crippen LogP) is 3.67. The standard InChI is InChI=1S/C20H24ClN5OS/c1-13-8-15(12-28(3)27)14(2)25(10-13)19-6-7-22-20(24-19)17-9-23-18-5-4-16(21)11-26(17)18/h4-7,9,11,13-15H,8,10,12H2,1-3H3. The Kier molecular flexibility index (Phi) is 5.49. The fourth-order valence-electron chi connectivity index (χ4n) is 4.11. The van der Waals surface area contributed by atoms with E-state index in [0.29, 0.717) is 22.7 Å². The Bertz CT molecular complexity index is 976. The van der Waals surface area contributed by atoms with Crippen LogP contribution in [0.25, 0.3) is 17.2 Å². The van der Waals surface area contributed by atoms with Crippen molar-refractivity contribution in [1.29, 1.82) is 0 Å². The predicted molar refractivity (Wildman–Crippen MR) is 114 cm³/mol. The van der Waals surface area contributed by atoms with Gasteiger partial charge in [-0.1, -0.05) is 29.7 Å². The summed E-state index contributed by atoms with van der Waals surface area (Å²) in [6, 6.07) is 5.92. The van der Waals surface area contributed by atoms with E-state index < -0.39 is 11.2 Å². The summed E-state index contributed by atoms with van der Waals surface area (Å²) in [4.78, 5) is 16.1. The number of imidazole rings is 1. The highest BCUT2D eigenvalue weighted by atomic mass is 35.5. The first-order valence-electron chi connectivity index (χ1n) is 9.45. The quantitative estimate of drug-likeness (QED) is 0.605. The molecule has 0 bridgehead atoms. The molecule has 6 nitrogen and oxygen atoms in total. The van der Waals surface area contributed by atoms with Gasteiger partial charge in [-0.05, 0) is 37.5 Å². The first kappa shape index (κ1) is 19.5. The molecule has 1 saturated heterocycles. The molecule has 8 heteroatoms. The SMILES string of the molecule is CC1CC(C[S+](C)[O-])C(C)N(c2ccnc(-c3cnc4ccc(Cl)cn34)n2)C1. The van der Waals surface area contributed by atoms with Crippen molar-refractivity contribution in [2.45, 2.75) is 26.3 Å². The van der Waals surface area contributed by atoms with Crippen LogP contribution in [-0.4, -0.2) is 48.5 Å². The van der Waals surface area contributed by atoms with Crippen LogP contribution in [0.2, 0.25) is 5.02 Å². The van der Waals surface area contributed by atoms with Crippen molar-refractivity contribution in [3.63, 3.8) is 0 Å². The van der Waals surface area contributed by atoms with Crippen LogP contribution in [0.3, 0.4) is 0 Å². The number of anilines is 1. The highest BCUT2D eigenvalue weighted by molar-refractivity contribution is 7.90. The van der Waals surface area contributed by atoms with Gasteiger partial charge in [-0.3, -0.25) is 4.40 Å². The molecule has 0 aliphatic carbocycles. The molecule has 3 aromatic rings. The van der Waals surface area contributed by atoms with E-state index in [2.05, 4.69) is 28.7 Å². The lowest BCUT2D eigenvalue weighted by molar-refractivity contribution is 0.297. The van der Waals surface area contributed by atoms with Gasteiger partial charge in [0.15, 0.2) is 5.82 Å². The summed E-state index contributed by atoms with van der Waals surface area (Å²) in [5, 5.41) is 0.636. The van der Waals surface area contributed by atoms with Gasteiger partial charge in [-0.25, -0.2) is 15.0 Å². The Hall–Kier alpha value is -1.83. The molecule has 0 N–H and O–H groups in total. The van der Waals surface area contributed by atoms with Gasteiger partial charge in [-0.15, -0.1) is 0 Å². The summed E-state index contributed by atoms with van der Waals surface area (Å²) < 4.78 is 13.7. The summed E-state index contributed by atoms with van der Waals surface area (Å²) in [5.74, 6) is 3.16. The van der Waals surface area contributed by atoms with Crippen LogP contribution in [0.15, 0.2) is 36.8 Å². The monoisotopic (exact) mass is 417 g/mol. The minimum atomic E-state index is -0.800. The highest BCUT2D eigenvalue weighted by Gasteiger charge is 2.34. The van der Waals surface area contributed by atoms with E-state index in [1.54, 1.807) is 18.6 Å². The molecule has 1 fully saturated rings. The zero-order valence-electron chi connectivity index (χ0n) is 16.2. The van der Waals surface area contributed by atoms with Crippen LogP contribution < -0.4 is 4.90 Å². The molecule has 0 aromatic carbocycles. The average molecular weight is 418 g/mol. The van der Waals surface area contributed by atoms with Crippen molar-refractivity contribution in [3.05, 3.63) is 41.8 Å². The molecule has 1 aliphatic rings. The molecule has 4 rings (SSSR count). The fraction of sp³-hybridized carbons (Fsp3) is 0.450. The van der Waals surface area contributed by atoms with Gasteiger partial charge in [0.2, 0.25) is 0 Å². The highest BCUT2D eigenvalue weighted by Crippen LogP contribution is 2.32. The van der Waals surface area contributed by atoms with E-state index in [-0.39, 0.29) is 6.04 Å². The number of aromatic nitrogens is 4. The van der Waals surface area contributed by atoms with Crippen LogP contribution in [-0.2, 0) is 11.2 Å². The van der Waals surface area contributed by atoms with E-state index in [9.17, 15) is 4.55 Å². The van der Waals surface area contributed by atoms with E-state index in [1.807, 2.05) is 28.8 Å². The van der Waals surface area contributed by atoms with E-state index >= 15 is 0 Å². The van der Waals surface area contributed by atoms with Crippen molar-refractivity contribution >= 4 is 34.2 Å².